The van der Waals surface area contributed by atoms with Crippen molar-refractivity contribution < 1.29 is 18.0 Å². The molecule has 1 aromatic rings. The SMILES string of the molecule is CCCNCCNC(=O)c1ccc2c(c1)S(=O)(=O)N(C1CC1)C2=O.Cl. The van der Waals surface area contributed by atoms with Crippen LogP contribution in [0.3, 0.4) is 0 Å². The molecule has 0 saturated heterocycles. The summed E-state index contributed by atoms with van der Waals surface area (Å²) >= 11 is 0. The van der Waals surface area contributed by atoms with E-state index in [1.807, 2.05) is 0 Å². The number of nitrogens with zero attached hydrogens (tertiary/aromatic N) is 1. The molecule has 0 radical (unpaired) electrons. The van der Waals surface area contributed by atoms with E-state index in [1.165, 1.54) is 18.2 Å². The third-order valence-electron chi connectivity index (χ3n) is 4.10. The first-order chi connectivity index (χ1) is 11.5. The Morgan fingerprint density at radius 1 is 1.24 bits per heavy atom. The number of nitrogens with one attached hydrogen (secondary N) is 2. The molecule has 2 amide bonds. The van der Waals surface area contributed by atoms with Crippen LogP contribution >= 0.6 is 12.4 Å². The number of halogens is 1. The van der Waals surface area contributed by atoms with Gasteiger partial charge in [-0.25, -0.2) is 12.7 Å². The lowest BCUT2D eigenvalue weighted by atomic mass is 10.1. The molecule has 1 aliphatic heterocycles. The van der Waals surface area contributed by atoms with E-state index in [1.54, 1.807) is 0 Å². The Morgan fingerprint density at radius 2 is 1.96 bits per heavy atom. The van der Waals surface area contributed by atoms with Crippen LogP contribution in [0.2, 0.25) is 0 Å². The summed E-state index contributed by atoms with van der Waals surface area (Å²) in [6.07, 6.45) is 2.43. The van der Waals surface area contributed by atoms with Crippen LogP contribution in [0, 0.1) is 0 Å². The van der Waals surface area contributed by atoms with Gasteiger partial charge in [-0.1, -0.05) is 6.92 Å². The van der Waals surface area contributed by atoms with E-state index in [0.717, 1.165) is 17.3 Å². The average Bonchev–Trinajstić information content (AvgIpc) is 3.35. The van der Waals surface area contributed by atoms with Crippen molar-refractivity contribution in [1.29, 1.82) is 0 Å². The van der Waals surface area contributed by atoms with Crippen LogP contribution in [0.1, 0.15) is 46.9 Å². The minimum atomic E-state index is -3.83. The summed E-state index contributed by atoms with van der Waals surface area (Å²) in [5, 5.41) is 5.90. The third-order valence-corrected chi connectivity index (χ3v) is 5.98. The molecule has 0 bridgehead atoms. The minimum Gasteiger partial charge on any atom is -0.351 e. The first kappa shape index (κ1) is 19.7. The zero-order chi connectivity index (χ0) is 17.3. The quantitative estimate of drug-likeness (QED) is 0.684. The third kappa shape index (κ3) is 3.80. The highest BCUT2D eigenvalue weighted by atomic mass is 35.5. The second-order valence-corrected chi connectivity index (χ2v) is 7.84. The molecular formula is C16H22ClN3O4S. The zero-order valence-corrected chi connectivity index (χ0v) is 15.6. The molecule has 9 heteroatoms. The number of rotatable bonds is 7. The van der Waals surface area contributed by atoms with Gasteiger partial charge in [0.25, 0.3) is 21.8 Å². The van der Waals surface area contributed by atoms with Crippen LogP contribution < -0.4 is 10.6 Å². The van der Waals surface area contributed by atoms with Crippen molar-refractivity contribution in [2.24, 2.45) is 0 Å². The molecule has 0 atom stereocenters. The van der Waals surface area contributed by atoms with Crippen molar-refractivity contribution >= 4 is 34.2 Å². The van der Waals surface area contributed by atoms with Gasteiger partial charge in [0.15, 0.2) is 0 Å². The molecule has 1 heterocycles. The minimum absolute atomic E-state index is 0. The van der Waals surface area contributed by atoms with E-state index >= 15 is 0 Å². The number of carbonyl (C=O) groups excluding carboxylic acids is 2. The van der Waals surface area contributed by atoms with Gasteiger partial charge in [0, 0.05) is 24.7 Å². The van der Waals surface area contributed by atoms with E-state index in [2.05, 4.69) is 17.6 Å². The summed E-state index contributed by atoms with van der Waals surface area (Å²) in [6, 6.07) is 4.01. The van der Waals surface area contributed by atoms with Crippen molar-refractivity contribution in [2.45, 2.75) is 37.1 Å². The summed E-state index contributed by atoms with van der Waals surface area (Å²) < 4.78 is 26.1. The normalized spacial score (nSPS) is 17.8. The number of hydrogen-bond donors (Lipinski definition) is 2. The highest BCUT2D eigenvalue weighted by Crippen LogP contribution is 2.39. The van der Waals surface area contributed by atoms with Crippen LogP contribution in [0.5, 0.6) is 0 Å². The number of carbonyl (C=O) groups is 2. The second-order valence-electron chi connectivity index (χ2n) is 6.05. The predicted molar refractivity (Wildman–Crippen MR) is 95.6 cm³/mol. The zero-order valence-electron chi connectivity index (χ0n) is 13.9. The van der Waals surface area contributed by atoms with Crippen LogP contribution in [-0.4, -0.2) is 50.2 Å². The van der Waals surface area contributed by atoms with Crippen molar-refractivity contribution in [1.82, 2.24) is 14.9 Å². The van der Waals surface area contributed by atoms with Crippen molar-refractivity contribution in [2.75, 3.05) is 19.6 Å². The Kier molecular flexibility index (Phi) is 6.08. The van der Waals surface area contributed by atoms with Crippen molar-refractivity contribution in [3.8, 4) is 0 Å². The van der Waals surface area contributed by atoms with E-state index in [4.69, 9.17) is 0 Å². The molecule has 1 fully saturated rings. The van der Waals surface area contributed by atoms with Crippen molar-refractivity contribution in [3.63, 3.8) is 0 Å². The van der Waals surface area contributed by atoms with Gasteiger partial charge in [0.1, 0.15) is 4.90 Å². The Hall–Kier alpha value is -1.64. The number of sulfonamides is 1. The predicted octanol–water partition coefficient (Wildman–Crippen LogP) is 1.14. The molecule has 1 aromatic carbocycles. The lowest BCUT2D eigenvalue weighted by Gasteiger charge is -2.13. The summed E-state index contributed by atoms with van der Waals surface area (Å²) in [6.45, 7) is 4.04. The van der Waals surface area contributed by atoms with E-state index < -0.39 is 15.9 Å². The molecule has 7 nitrogen and oxygen atoms in total. The molecule has 1 aliphatic carbocycles. The molecule has 138 valence electrons. The molecule has 25 heavy (non-hydrogen) atoms. The molecular weight excluding hydrogens is 366 g/mol. The number of amides is 2. The Labute approximate surface area is 153 Å². The standard InChI is InChI=1S/C16H21N3O4S.ClH/c1-2-7-17-8-9-18-15(20)11-3-6-13-14(10-11)24(22,23)19(16(13)21)12-4-5-12;/h3,6,10,12,17H,2,4-5,7-9H2,1H3,(H,18,20);1H. The highest BCUT2D eigenvalue weighted by Gasteiger charge is 2.48. The number of benzene rings is 1. The lowest BCUT2D eigenvalue weighted by molar-refractivity contribution is 0.0863. The topological polar surface area (TPSA) is 95.6 Å². The van der Waals surface area contributed by atoms with E-state index in [-0.39, 0.29) is 40.4 Å². The maximum Gasteiger partial charge on any atom is 0.269 e. The van der Waals surface area contributed by atoms with Crippen molar-refractivity contribution in [3.05, 3.63) is 29.3 Å². The average molecular weight is 388 g/mol. The van der Waals surface area contributed by atoms with Gasteiger partial charge in [-0.15, -0.1) is 12.4 Å². The number of hydrogen-bond acceptors (Lipinski definition) is 5. The van der Waals surface area contributed by atoms with Crippen LogP contribution in [-0.2, 0) is 10.0 Å². The fraction of sp³-hybridized carbons (Fsp3) is 0.500. The largest absolute Gasteiger partial charge is 0.351 e. The summed E-state index contributed by atoms with van der Waals surface area (Å²) in [5.41, 5.74) is 0.404. The van der Waals surface area contributed by atoms with Gasteiger partial charge in [-0.3, -0.25) is 9.59 Å². The first-order valence-corrected chi connectivity index (χ1v) is 9.62. The monoisotopic (exact) mass is 387 g/mol. The maximum atomic E-state index is 12.5. The molecule has 0 aromatic heterocycles. The molecule has 0 spiro atoms. The van der Waals surface area contributed by atoms with Gasteiger partial charge >= 0.3 is 0 Å². The first-order valence-electron chi connectivity index (χ1n) is 8.18. The van der Waals surface area contributed by atoms with Crippen LogP contribution in [0.25, 0.3) is 0 Å². The number of fused-ring (bicyclic) bond motifs is 1. The molecule has 3 rings (SSSR count). The smallest absolute Gasteiger partial charge is 0.269 e. The Bertz CT molecular complexity index is 778. The van der Waals surface area contributed by atoms with E-state index in [9.17, 15) is 18.0 Å². The fourth-order valence-electron chi connectivity index (χ4n) is 2.73. The maximum absolute atomic E-state index is 12.5. The molecule has 1 saturated carbocycles. The Morgan fingerprint density at radius 3 is 2.60 bits per heavy atom. The van der Waals surface area contributed by atoms with E-state index in [0.29, 0.717) is 25.9 Å². The summed E-state index contributed by atoms with van der Waals surface area (Å²) in [4.78, 5) is 24.4. The molecule has 2 aliphatic rings. The van der Waals surface area contributed by atoms with Gasteiger partial charge < -0.3 is 10.6 Å². The van der Waals surface area contributed by atoms with Gasteiger partial charge in [-0.2, -0.15) is 0 Å². The fourth-order valence-corrected chi connectivity index (χ4v) is 4.57. The van der Waals surface area contributed by atoms with Crippen LogP contribution in [0.15, 0.2) is 23.1 Å². The lowest BCUT2D eigenvalue weighted by Crippen LogP contribution is -2.32. The van der Waals surface area contributed by atoms with Gasteiger partial charge in [0.05, 0.1) is 5.56 Å². The van der Waals surface area contributed by atoms with Gasteiger partial charge in [-0.05, 0) is 44.0 Å². The summed E-state index contributed by atoms with van der Waals surface area (Å²) in [7, 11) is -3.83. The molecule has 2 N–H and O–H groups in total. The molecule has 0 unspecified atom stereocenters. The summed E-state index contributed by atoms with van der Waals surface area (Å²) in [5.74, 6) is -0.827. The highest BCUT2D eigenvalue weighted by molar-refractivity contribution is 7.90. The Balaban J connectivity index is 0.00000225. The second kappa shape index (κ2) is 7.72. The van der Waals surface area contributed by atoms with Gasteiger partial charge in [0.2, 0.25) is 0 Å². The van der Waals surface area contributed by atoms with Crippen LogP contribution in [0.4, 0.5) is 0 Å².